The van der Waals surface area contributed by atoms with Gasteiger partial charge in [0.1, 0.15) is 5.75 Å². The van der Waals surface area contributed by atoms with Crippen LogP contribution in [0.2, 0.25) is 0 Å². The van der Waals surface area contributed by atoms with Crippen molar-refractivity contribution in [1.29, 1.82) is 0 Å². The van der Waals surface area contributed by atoms with Crippen LogP contribution in [0.25, 0.3) is 0 Å². The molecule has 7 heteroatoms. The van der Waals surface area contributed by atoms with Gasteiger partial charge in [-0.25, -0.2) is 8.42 Å². The average Bonchev–Trinajstić information content (AvgIpc) is 2.89. The minimum Gasteiger partial charge on any atom is -0.497 e. The predicted molar refractivity (Wildman–Crippen MR) is 97.9 cm³/mol. The number of sulfonamides is 1. The zero-order valence-electron chi connectivity index (χ0n) is 14.3. The molecular weight excluding hydrogens is 340 g/mol. The van der Waals surface area contributed by atoms with E-state index < -0.39 is 10.0 Å². The molecule has 0 saturated carbocycles. The van der Waals surface area contributed by atoms with E-state index >= 15 is 0 Å². The number of hydrogen-bond acceptors (Lipinski definition) is 4. The summed E-state index contributed by atoms with van der Waals surface area (Å²) in [6.07, 6.45) is 1.78. The van der Waals surface area contributed by atoms with Gasteiger partial charge in [-0.3, -0.25) is 9.10 Å². The molecule has 0 aliphatic carbocycles. The van der Waals surface area contributed by atoms with E-state index in [1.54, 1.807) is 49.6 Å². The molecule has 0 spiro atoms. The number of benzene rings is 2. The first kappa shape index (κ1) is 17.3. The van der Waals surface area contributed by atoms with Crippen molar-refractivity contribution in [3.63, 3.8) is 0 Å². The Morgan fingerprint density at radius 3 is 2.68 bits per heavy atom. The summed E-state index contributed by atoms with van der Waals surface area (Å²) in [5.41, 5.74) is 2.63. The van der Waals surface area contributed by atoms with Gasteiger partial charge < -0.3 is 10.1 Å². The van der Waals surface area contributed by atoms with Gasteiger partial charge in [-0.05, 0) is 49.2 Å². The third-order valence-electron chi connectivity index (χ3n) is 4.18. The highest BCUT2D eigenvalue weighted by molar-refractivity contribution is 7.92. The first-order valence-electron chi connectivity index (χ1n) is 7.87. The number of nitrogens with zero attached hydrogens (tertiary/aromatic N) is 1. The lowest BCUT2D eigenvalue weighted by Gasteiger charge is -2.21. The van der Waals surface area contributed by atoms with Crippen molar-refractivity contribution in [3.8, 4) is 5.75 Å². The summed E-state index contributed by atoms with van der Waals surface area (Å²) in [5, 5.41) is 2.83. The molecule has 0 bridgehead atoms. The molecule has 0 aromatic heterocycles. The number of carbonyl (C=O) groups excluding carboxylic acids is 1. The normalized spacial score (nSPS) is 16.4. The smallest absolute Gasteiger partial charge is 0.255 e. The van der Waals surface area contributed by atoms with E-state index in [4.69, 9.17) is 4.74 Å². The van der Waals surface area contributed by atoms with Gasteiger partial charge in [0, 0.05) is 23.4 Å². The van der Waals surface area contributed by atoms with E-state index in [9.17, 15) is 13.2 Å². The zero-order valence-corrected chi connectivity index (χ0v) is 15.1. The minimum absolute atomic E-state index is 0.151. The summed E-state index contributed by atoms with van der Waals surface area (Å²) in [7, 11) is -1.77. The Kier molecular flexibility index (Phi) is 4.43. The van der Waals surface area contributed by atoms with E-state index in [0.717, 1.165) is 5.56 Å². The molecule has 0 fully saturated rings. The highest BCUT2D eigenvalue weighted by Crippen LogP contribution is 2.34. The summed E-state index contributed by atoms with van der Waals surface area (Å²) in [5.74, 6) is 0.408. The molecule has 2 aromatic carbocycles. The SMILES string of the molecule is COc1cccc(NC(=O)c2ccc3c(c2)C[C@H](C)N3S(C)(=O)=O)c1. The average molecular weight is 360 g/mol. The fourth-order valence-electron chi connectivity index (χ4n) is 3.15. The van der Waals surface area contributed by atoms with E-state index in [2.05, 4.69) is 5.32 Å². The summed E-state index contributed by atoms with van der Waals surface area (Å²) in [4.78, 5) is 12.5. The largest absolute Gasteiger partial charge is 0.497 e. The van der Waals surface area contributed by atoms with Crippen molar-refractivity contribution in [1.82, 2.24) is 0 Å². The number of amides is 1. The van der Waals surface area contributed by atoms with E-state index in [-0.39, 0.29) is 11.9 Å². The van der Waals surface area contributed by atoms with Crippen molar-refractivity contribution in [3.05, 3.63) is 53.6 Å². The summed E-state index contributed by atoms with van der Waals surface area (Å²) < 4.78 is 30.5. The van der Waals surface area contributed by atoms with Crippen molar-refractivity contribution < 1.29 is 17.9 Å². The topological polar surface area (TPSA) is 75.7 Å². The fourth-order valence-corrected chi connectivity index (χ4v) is 4.42. The summed E-state index contributed by atoms with van der Waals surface area (Å²) in [6.45, 7) is 1.86. The Morgan fingerprint density at radius 2 is 2.00 bits per heavy atom. The maximum absolute atomic E-state index is 12.5. The van der Waals surface area contributed by atoms with Crippen LogP contribution in [0.5, 0.6) is 5.75 Å². The maximum atomic E-state index is 12.5. The number of methoxy groups -OCH3 is 1. The van der Waals surface area contributed by atoms with E-state index in [1.165, 1.54) is 10.6 Å². The summed E-state index contributed by atoms with van der Waals surface area (Å²) in [6, 6.07) is 12.0. The minimum atomic E-state index is -3.34. The van der Waals surface area contributed by atoms with Crippen LogP contribution >= 0.6 is 0 Å². The Balaban J connectivity index is 1.85. The molecule has 2 aromatic rings. The van der Waals surface area contributed by atoms with Crippen molar-refractivity contribution >= 4 is 27.3 Å². The highest BCUT2D eigenvalue weighted by atomic mass is 32.2. The van der Waals surface area contributed by atoms with Gasteiger partial charge in [0.05, 0.1) is 19.1 Å². The first-order chi connectivity index (χ1) is 11.8. The monoisotopic (exact) mass is 360 g/mol. The quantitative estimate of drug-likeness (QED) is 0.909. The lowest BCUT2D eigenvalue weighted by atomic mass is 10.1. The molecule has 3 rings (SSSR count). The van der Waals surface area contributed by atoms with Crippen LogP contribution in [0.3, 0.4) is 0 Å². The second-order valence-corrected chi connectivity index (χ2v) is 8.00. The Morgan fingerprint density at radius 1 is 1.24 bits per heavy atom. The van der Waals surface area contributed by atoms with E-state index in [0.29, 0.717) is 29.1 Å². The number of rotatable bonds is 4. The van der Waals surface area contributed by atoms with Crippen LogP contribution in [0, 0.1) is 0 Å². The molecule has 1 heterocycles. The number of anilines is 2. The lowest BCUT2D eigenvalue weighted by molar-refractivity contribution is 0.102. The first-order valence-corrected chi connectivity index (χ1v) is 9.72. The number of carbonyl (C=O) groups is 1. The van der Waals surface area contributed by atoms with Crippen molar-refractivity contribution in [2.75, 3.05) is 23.0 Å². The third kappa shape index (κ3) is 3.46. The van der Waals surface area contributed by atoms with Crippen LogP contribution in [0.15, 0.2) is 42.5 Å². The van der Waals surface area contributed by atoms with Crippen LogP contribution in [-0.4, -0.2) is 33.7 Å². The molecule has 25 heavy (non-hydrogen) atoms. The number of ether oxygens (including phenoxy) is 1. The molecule has 1 aliphatic heterocycles. The van der Waals surface area contributed by atoms with Crippen molar-refractivity contribution in [2.24, 2.45) is 0 Å². The Labute approximate surface area is 147 Å². The number of hydrogen-bond donors (Lipinski definition) is 1. The number of fused-ring (bicyclic) bond motifs is 1. The lowest BCUT2D eigenvalue weighted by Crippen LogP contribution is -2.34. The fraction of sp³-hybridized carbons (Fsp3) is 0.278. The molecule has 1 atom stereocenters. The van der Waals surface area contributed by atoms with Crippen LogP contribution < -0.4 is 14.4 Å². The van der Waals surface area contributed by atoms with Gasteiger partial charge in [0.25, 0.3) is 5.91 Å². The number of nitrogens with one attached hydrogen (secondary N) is 1. The predicted octanol–water partition coefficient (Wildman–Crippen LogP) is 2.66. The second-order valence-electron chi connectivity index (χ2n) is 6.14. The van der Waals surface area contributed by atoms with Crippen LogP contribution in [-0.2, 0) is 16.4 Å². The maximum Gasteiger partial charge on any atom is 0.255 e. The zero-order chi connectivity index (χ0) is 18.2. The van der Waals surface area contributed by atoms with Gasteiger partial charge in [0.15, 0.2) is 0 Å². The van der Waals surface area contributed by atoms with Crippen LogP contribution in [0.1, 0.15) is 22.8 Å². The summed E-state index contributed by atoms with van der Waals surface area (Å²) >= 11 is 0. The molecule has 0 radical (unpaired) electrons. The molecule has 1 aliphatic rings. The molecule has 1 N–H and O–H groups in total. The molecule has 1 amide bonds. The van der Waals surface area contributed by atoms with Gasteiger partial charge in [-0.2, -0.15) is 0 Å². The third-order valence-corrected chi connectivity index (χ3v) is 5.45. The highest BCUT2D eigenvalue weighted by Gasteiger charge is 2.32. The molecule has 6 nitrogen and oxygen atoms in total. The molecule has 0 unspecified atom stereocenters. The van der Waals surface area contributed by atoms with Gasteiger partial charge in [-0.15, -0.1) is 0 Å². The van der Waals surface area contributed by atoms with E-state index in [1.807, 2.05) is 6.92 Å². The van der Waals surface area contributed by atoms with Gasteiger partial charge in [-0.1, -0.05) is 6.07 Å². The van der Waals surface area contributed by atoms with Gasteiger partial charge >= 0.3 is 0 Å². The molecular formula is C18H20N2O4S. The standard InChI is InChI=1S/C18H20N2O4S/c1-12-9-14-10-13(7-8-17(14)20(12)25(3,22)23)18(21)19-15-5-4-6-16(11-15)24-2/h4-8,10-12H,9H2,1-3H3,(H,19,21)/t12-/m0/s1. The van der Waals surface area contributed by atoms with Gasteiger partial charge in [0.2, 0.25) is 10.0 Å². The van der Waals surface area contributed by atoms with Crippen molar-refractivity contribution in [2.45, 2.75) is 19.4 Å². The molecule has 0 saturated heterocycles. The Bertz CT molecular complexity index is 924. The molecule has 132 valence electrons. The Hall–Kier alpha value is -2.54. The second kappa shape index (κ2) is 6.40. The van der Waals surface area contributed by atoms with Crippen LogP contribution in [0.4, 0.5) is 11.4 Å².